The molecule has 1 atom stereocenters. The Morgan fingerprint density at radius 1 is 0.972 bits per heavy atom. The van der Waals surface area contributed by atoms with Gasteiger partial charge >= 0.3 is 0 Å². The smallest absolute Gasteiger partial charge is 0.264 e. The summed E-state index contributed by atoms with van der Waals surface area (Å²) in [6.07, 6.45) is 0.589. The van der Waals surface area contributed by atoms with Crippen LogP contribution in [-0.2, 0) is 14.8 Å². The van der Waals surface area contributed by atoms with Crippen LogP contribution >= 0.6 is 11.6 Å². The molecule has 0 bridgehead atoms. The van der Waals surface area contributed by atoms with E-state index < -0.39 is 22.5 Å². The van der Waals surface area contributed by atoms with Crippen molar-refractivity contribution in [2.45, 2.75) is 38.1 Å². The lowest BCUT2D eigenvalue weighted by atomic mass is 10.0. The largest absolute Gasteiger partial charge is 0.493 e. The fourth-order valence-electron chi connectivity index (χ4n) is 3.90. The molecule has 0 aliphatic rings. The van der Waals surface area contributed by atoms with Crippen molar-refractivity contribution in [2.75, 3.05) is 25.1 Å². The van der Waals surface area contributed by atoms with Gasteiger partial charge in [0.05, 0.1) is 30.8 Å². The van der Waals surface area contributed by atoms with Crippen LogP contribution in [0.25, 0.3) is 0 Å². The molecule has 0 aromatic heterocycles. The number of nitrogens with zero attached hydrogens (tertiary/aromatic N) is 1. The van der Waals surface area contributed by atoms with Crippen molar-refractivity contribution in [2.24, 2.45) is 0 Å². The summed E-state index contributed by atoms with van der Waals surface area (Å²) in [5, 5.41) is 3.45. The molecule has 1 amide bonds. The second kappa shape index (κ2) is 11.7. The molecule has 0 saturated heterocycles. The molecule has 0 radical (unpaired) electrons. The molecule has 3 aromatic rings. The molecule has 0 fully saturated rings. The molecule has 0 aliphatic carbocycles. The fourth-order valence-corrected chi connectivity index (χ4v) is 5.61. The Morgan fingerprint density at radius 2 is 1.64 bits per heavy atom. The van der Waals surface area contributed by atoms with E-state index in [0.29, 0.717) is 34.2 Å². The van der Waals surface area contributed by atoms with E-state index in [4.69, 9.17) is 21.1 Å². The predicted octanol–water partition coefficient (Wildman–Crippen LogP) is 5.44. The highest BCUT2D eigenvalue weighted by Gasteiger charge is 2.29. The summed E-state index contributed by atoms with van der Waals surface area (Å²) in [6, 6.07) is 16.5. The summed E-state index contributed by atoms with van der Waals surface area (Å²) in [7, 11) is -0.936. The van der Waals surface area contributed by atoms with Gasteiger partial charge < -0.3 is 14.8 Å². The summed E-state index contributed by atoms with van der Waals surface area (Å²) in [4.78, 5) is 13.4. The number of nitrogens with one attached hydrogen (secondary N) is 1. The number of aryl methyl sites for hydroxylation is 2. The predicted molar refractivity (Wildman–Crippen MR) is 143 cm³/mol. The van der Waals surface area contributed by atoms with Gasteiger partial charge in [0, 0.05) is 5.02 Å². The first kappa shape index (κ1) is 27.4. The van der Waals surface area contributed by atoms with Crippen LogP contribution in [0.15, 0.2) is 65.6 Å². The lowest BCUT2D eigenvalue weighted by Crippen LogP contribution is -2.42. The van der Waals surface area contributed by atoms with Gasteiger partial charge in [0.15, 0.2) is 11.5 Å². The van der Waals surface area contributed by atoms with Crippen LogP contribution in [0, 0.1) is 13.8 Å². The minimum absolute atomic E-state index is 0.0992. The van der Waals surface area contributed by atoms with Crippen LogP contribution in [0.1, 0.15) is 36.1 Å². The van der Waals surface area contributed by atoms with Crippen LogP contribution in [0.3, 0.4) is 0 Å². The van der Waals surface area contributed by atoms with Crippen LogP contribution in [0.2, 0.25) is 5.02 Å². The third-order valence-electron chi connectivity index (χ3n) is 5.88. The lowest BCUT2D eigenvalue weighted by molar-refractivity contribution is -0.120. The number of amides is 1. The van der Waals surface area contributed by atoms with Crippen molar-refractivity contribution in [3.63, 3.8) is 0 Å². The number of ether oxygens (including phenoxy) is 2. The topological polar surface area (TPSA) is 84.9 Å². The van der Waals surface area contributed by atoms with Gasteiger partial charge in [-0.1, -0.05) is 42.3 Å². The van der Waals surface area contributed by atoms with E-state index in [1.807, 2.05) is 19.9 Å². The molecule has 0 aliphatic heterocycles. The van der Waals surface area contributed by atoms with Crippen molar-refractivity contribution in [1.29, 1.82) is 0 Å². The number of halogens is 1. The van der Waals surface area contributed by atoms with Crippen molar-refractivity contribution in [3.05, 3.63) is 82.4 Å². The normalized spacial score (nSPS) is 12.1. The number of sulfonamides is 1. The highest BCUT2D eigenvalue weighted by atomic mass is 35.5. The summed E-state index contributed by atoms with van der Waals surface area (Å²) in [5.74, 6) is 0.681. The average Bonchev–Trinajstić information content (AvgIpc) is 2.86. The molecule has 192 valence electrons. The molecule has 1 unspecified atom stereocenters. The molecule has 7 nitrogen and oxygen atoms in total. The number of methoxy groups -OCH3 is 2. The molecule has 1 N–H and O–H groups in total. The first-order valence-corrected chi connectivity index (χ1v) is 13.3. The fraction of sp³-hybridized carbons (Fsp3) is 0.296. The highest BCUT2D eigenvalue weighted by molar-refractivity contribution is 7.92. The van der Waals surface area contributed by atoms with Crippen molar-refractivity contribution >= 4 is 33.2 Å². The molecule has 36 heavy (non-hydrogen) atoms. The van der Waals surface area contributed by atoms with Crippen LogP contribution in [-0.4, -0.2) is 35.1 Å². The highest BCUT2D eigenvalue weighted by Crippen LogP contribution is 2.32. The summed E-state index contributed by atoms with van der Waals surface area (Å²) >= 11 is 6.11. The maximum atomic E-state index is 13.7. The van der Waals surface area contributed by atoms with Gasteiger partial charge in [-0.25, -0.2) is 8.42 Å². The quantitative estimate of drug-likeness (QED) is 0.377. The zero-order valence-electron chi connectivity index (χ0n) is 21.0. The lowest BCUT2D eigenvalue weighted by Gasteiger charge is -2.27. The number of rotatable bonds is 10. The monoisotopic (exact) mass is 530 g/mol. The summed E-state index contributed by atoms with van der Waals surface area (Å²) in [6.45, 7) is 5.17. The first-order chi connectivity index (χ1) is 17.1. The van der Waals surface area contributed by atoms with E-state index in [9.17, 15) is 13.2 Å². The van der Waals surface area contributed by atoms with Gasteiger partial charge in [0.2, 0.25) is 5.91 Å². The molecular weight excluding hydrogens is 500 g/mol. The average molecular weight is 531 g/mol. The molecule has 3 aromatic carbocycles. The third kappa shape index (κ3) is 6.12. The van der Waals surface area contributed by atoms with E-state index in [1.165, 1.54) is 0 Å². The van der Waals surface area contributed by atoms with Crippen molar-refractivity contribution in [3.8, 4) is 11.5 Å². The molecule has 9 heteroatoms. The van der Waals surface area contributed by atoms with Gasteiger partial charge in [0.1, 0.15) is 6.54 Å². The van der Waals surface area contributed by atoms with E-state index in [2.05, 4.69) is 5.32 Å². The Morgan fingerprint density at radius 3 is 2.22 bits per heavy atom. The van der Waals surface area contributed by atoms with Crippen LogP contribution in [0.5, 0.6) is 11.5 Å². The molecule has 0 heterocycles. The number of carbonyl (C=O) groups is 1. The van der Waals surface area contributed by atoms with Crippen molar-refractivity contribution < 1.29 is 22.7 Å². The Labute approximate surface area is 218 Å². The Kier molecular flexibility index (Phi) is 8.87. The maximum absolute atomic E-state index is 13.7. The molecule has 0 saturated carbocycles. The molecule has 3 rings (SSSR count). The second-order valence-electron chi connectivity index (χ2n) is 8.40. The third-order valence-corrected chi connectivity index (χ3v) is 7.89. The summed E-state index contributed by atoms with van der Waals surface area (Å²) in [5.41, 5.74) is 2.77. The standard InChI is InChI=1S/C27H31ClN2O5S/c1-6-23(20-9-14-25(34-4)26(16-20)35-5)29-27(31)17-30(24-13-10-21(28)15-19(24)3)36(32,33)22-11-7-18(2)8-12-22/h7-16,23H,6,17H2,1-5H3,(H,29,31). The van der Waals surface area contributed by atoms with Crippen molar-refractivity contribution in [1.82, 2.24) is 5.32 Å². The zero-order chi connectivity index (χ0) is 26.5. The van der Waals surface area contributed by atoms with E-state index in [-0.39, 0.29) is 10.9 Å². The maximum Gasteiger partial charge on any atom is 0.264 e. The van der Waals surface area contributed by atoms with Gasteiger partial charge in [-0.2, -0.15) is 0 Å². The van der Waals surface area contributed by atoms with E-state index in [1.54, 1.807) is 75.7 Å². The minimum atomic E-state index is -4.04. The minimum Gasteiger partial charge on any atom is -0.493 e. The molecular formula is C27H31ClN2O5S. The Balaban J connectivity index is 1.94. The van der Waals surface area contributed by atoms with Crippen LogP contribution < -0.4 is 19.1 Å². The number of carbonyl (C=O) groups excluding carboxylic acids is 1. The number of hydrogen-bond acceptors (Lipinski definition) is 5. The molecule has 0 spiro atoms. The summed E-state index contributed by atoms with van der Waals surface area (Å²) < 4.78 is 39.2. The van der Waals surface area contributed by atoms with Crippen LogP contribution in [0.4, 0.5) is 5.69 Å². The number of anilines is 1. The van der Waals surface area contributed by atoms with Gasteiger partial charge in [0.25, 0.3) is 10.0 Å². The first-order valence-electron chi connectivity index (χ1n) is 11.5. The van der Waals surface area contributed by atoms with Gasteiger partial charge in [-0.05, 0) is 73.9 Å². The number of benzene rings is 3. The van der Waals surface area contributed by atoms with E-state index >= 15 is 0 Å². The Hall–Kier alpha value is -3.23. The second-order valence-corrected chi connectivity index (χ2v) is 10.7. The van der Waals surface area contributed by atoms with Gasteiger partial charge in [-0.15, -0.1) is 0 Å². The Bertz CT molecular complexity index is 1330. The van der Waals surface area contributed by atoms with Gasteiger partial charge in [-0.3, -0.25) is 9.10 Å². The number of hydrogen-bond donors (Lipinski definition) is 1. The van der Waals surface area contributed by atoms with E-state index in [0.717, 1.165) is 15.4 Å². The zero-order valence-corrected chi connectivity index (χ0v) is 22.6. The SMILES string of the molecule is CCC(NC(=O)CN(c1ccc(Cl)cc1C)S(=O)(=O)c1ccc(C)cc1)c1ccc(OC)c(OC)c1.